The van der Waals surface area contributed by atoms with E-state index in [1.807, 2.05) is 26.8 Å². The molecule has 0 amide bonds. The van der Waals surface area contributed by atoms with E-state index in [1.54, 1.807) is 26.8 Å². The lowest BCUT2D eigenvalue weighted by Crippen LogP contribution is -2.23. The van der Waals surface area contributed by atoms with Crippen molar-refractivity contribution in [3.8, 4) is 12.1 Å². The van der Waals surface area contributed by atoms with Crippen LogP contribution in [0.15, 0.2) is 22.9 Å². The topological polar surface area (TPSA) is 72.3 Å². The quantitative estimate of drug-likeness (QED) is 0.550. The number of hydrogen-bond donors (Lipinski definition) is 0. The summed E-state index contributed by atoms with van der Waals surface area (Å²) in [6.45, 7) is 14.4. The van der Waals surface area contributed by atoms with Gasteiger partial charge in [-0.3, -0.25) is 0 Å². The van der Waals surface area contributed by atoms with Crippen molar-refractivity contribution in [1.82, 2.24) is 0 Å². The lowest BCUT2D eigenvalue weighted by atomic mass is 9.93. The fraction of sp³-hybridized carbons (Fsp3) is 0.714. The van der Waals surface area contributed by atoms with Gasteiger partial charge in [0.2, 0.25) is 0 Å². The van der Waals surface area contributed by atoms with E-state index < -0.39 is 11.1 Å². The summed E-state index contributed by atoms with van der Waals surface area (Å²) in [7, 11) is 0. The summed E-state index contributed by atoms with van der Waals surface area (Å²) in [5, 5.41) is 25.7. The van der Waals surface area contributed by atoms with Crippen molar-refractivity contribution in [3.63, 3.8) is 0 Å². The zero-order chi connectivity index (χ0) is 14.8. The Morgan fingerprint density at radius 3 is 1.89 bits per heavy atom. The fourth-order valence-electron chi connectivity index (χ4n) is 1.16. The summed E-state index contributed by atoms with van der Waals surface area (Å²) in [6, 6.07) is 4.16. The van der Waals surface area contributed by atoms with Crippen molar-refractivity contribution in [2.75, 3.05) is 0 Å². The van der Waals surface area contributed by atoms with Gasteiger partial charge in [0, 0.05) is 0 Å². The van der Waals surface area contributed by atoms with Gasteiger partial charge >= 0.3 is 0 Å². The molecule has 0 bridgehead atoms. The molecule has 0 aromatic carbocycles. The van der Waals surface area contributed by atoms with Gasteiger partial charge in [0.1, 0.15) is 0 Å². The van der Waals surface area contributed by atoms with Crippen LogP contribution < -0.4 is 0 Å². The lowest BCUT2D eigenvalue weighted by molar-refractivity contribution is 0.417. The molecule has 18 heavy (non-hydrogen) atoms. The van der Waals surface area contributed by atoms with Gasteiger partial charge in [-0.2, -0.15) is 20.8 Å². The number of allylic oxidation sites excluding steroid dienone is 1. The van der Waals surface area contributed by atoms with Crippen LogP contribution in [0.4, 0.5) is 0 Å². The van der Waals surface area contributed by atoms with Gasteiger partial charge in [-0.25, -0.2) is 0 Å². The van der Waals surface area contributed by atoms with Crippen molar-refractivity contribution >= 4 is 0 Å². The first-order valence-corrected chi connectivity index (χ1v) is 6.00. The molecule has 0 aromatic heterocycles. The van der Waals surface area contributed by atoms with Crippen LogP contribution in [0.1, 0.15) is 48.0 Å². The zero-order valence-corrected chi connectivity index (χ0v) is 12.4. The second-order valence-electron chi connectivity index (χ2n) is 5.26. The SMILES string of the molecule is C=CC.CC(C)CC(C)(C#N)N=NC(C)(C)C#N. The normalized spacial score (nSPS) is 14.1. The van der Waals surface area contributed by atoms with Crippen LogP contribution in [0.25, 0.3) is 0 Å². The third-order valence-electron chi connectivity index (χ3n) is 1.84. The third-order valence-corrected chi connectivity index (χ3v) is 1.84. The van der Waals surface area contributed by atoms with E-state index in [0.29, 0.717) is 12.3 Å². The first-order valence-electron chi connectivity index (χ1n) is 6.00. The van der Waals surface area contributed by atoms with Crippen molar-refractivity contribution in [2.45, 2.75) is 59.0 Å². The minimum Gasteiger partial charge on any atom is -0.196 e. The lowest BCUT2D eigenvalue weighted by Gasteiger charge is -2.18. The highest BCUT2D eigenvalue weighted by molar-refractivity contribution is 5.06. The molecule has 4 heteroatoms. The second kappa shape index (κ2) is 8.42. The van der Waals surface area contributed by atoms with Gasteiger partial charge in [-0.1, -0.05) is 19.9 Å². The van der Waals surface area contributed by atoms with E-state index in [-0.39, 0.29) is 0 Å². The maximum Gasteiger partial charge on any atom is 0.165 e. The first-order chi connectivity index (χ1) is 8.16. The number of nitrogens with zero attached hydrogens (tertiary/aromatic N) is 4. The zero-order valence-electron chi connectivity index (χ0n) is 12.4. The van der Waals surface area contributed by atoms with Gasteiger partial charge in [0.25, 0.3) is 0 Å². The average Bonchev–Trinajstić information content (AvgIpc) is 2.27. The Hall–Kier alpha value is -1.68. The van der Waals surface area contributed by atoms with Gasteiger partial charge in [-0.15, -0.1) is 6.58 Å². The first kappa shape index (κ1) is 18.7. The second-order valence-corrected chi connectivity index (χ2v) is 5.26. The summed E-state index contributed by atoms with van der Waals surface area (Å²) in [6.07, 6.45) is 2.40. The number of nitriles is 2. The van der Waals surface area contributed by atoms with Crippen LogP contribution in [0, 0.1) is 28.6 Å². The van der Waals surface area contributed by atoms with Crippen LogP contribution in [-0.4, -0.2) is 11.1 Å². The highest BCUT2D eigenvalue weighted by atomic mass is 15.2. The molecule has 0 aliphatic rings. The fourth-order valence-corrected chi connectivity index (χ4v) is 1.16. The van der Waals surface area contributed by atoms with E-state index in [0.717, 1.165) is 0 Å². The predicted molar refractivity (Wildman–Crippen MR) is 73.9 cm³/mol. The number of rotatable bonds is 4. The van der Waals surface area contributed by atoms with Crippen molar-refractivity contribution in [3.05, 3.63) is 12.7 Å². The van der Waals surface area contributed by atoms with Crippen molar-refractivity contribution in [2.24, 2.45) is 16.1 Å². The summed E-state index contributed by atoms with van der Waals surface area (Å²) in [4.78, 5) is 0. The van der Waals surface area contributed by atoms with Crippen LogP contribution >= 0.6 is 0 Å². The predicted octanol–water partition coefficient (Wildman–Crippen LogP) is 4.26. The summed E-state index contributed by atoms with van der Waals surface area (Å²) < 4.78 is 0. The maximum atomic E-state index is 9.02. The van der Waals surface area contributed by atoms with Crippen LogP contribution in [0.5, 0.6) is 0 Å². The smallest absolute Gasteiger partial charge is 0.165 e. The summed E-state index contributed by atoms with van der Waals surface area (Å²) in [5.74, 6) is 0.374. The van der Waals surface area contributed by atoms with Crippen molar-refractivity contribution in [1.29, 1.82) is 10.5 Å². The molecular weight excluding hydrogens is 224 g/mol. The minimum atomic E-state index is -0.852. The van der Waals surface area contributed by atoms with E-state index in [2.05, 4.69) is 22.9 Å². The molecule has 4 nitrogen and oxygen atoms in total. The molecule has 1 atom stereocenters. The van der Waals surface area contributed by atoms with Gasteiger partial charge in [0.05, 0.1) is 12.1 Å². The van der Waals surface area contributed by atoms with Gasteiger partial charge in [0.15, 0.2) is 11.1 Å². The monoisotopic (exact) mass is 248 g/mol. The molecule has 0 radical (unpaired) electrons. The van der Waals surface area contributed by atoms with Gasteiger partial charge < -0.3 is 0 Å². The molecular formula is C14H24N4. The molecule has 0 spiro atoms. The molecule has 0 heterocycles. The van der Waals surface area contributed by atoms with E-state index in [1.165, 1.54) is 0 Å². The molecule has 100 valence electrons. The van der Waals surface area contributed by atoms with Gasteiger partial charge in [-0.05, 0) is 40.0 Å². The molecule has 0 aliphatic heterocycles. The van der Waals surface area contributed by atoms with E-state index in [9.17, 15) is 0 Å². The standard InChI is InChI=1S/C11H18N4.C3H6/c1-9(2)6-11(5,8-13)15-14-10(3,4)7-12;1-3-2/h9H,6H2,1-5H3;3H,1H2,2H3. The molecule has 0 rings (SSSR count). The molecule has 0 N–H and O–H groups in total. The Morgan fingerprint density at radius 1 is 1.17 bits per heavy atom. The molecule has 0 saturated heterocycles. The van der Waals surface area contributed by atoms with Crippen molar-refractivity contribution < 1.29 is 0 Å². The average molecular weight is 248 g/mol. The minimum absolute atomic E-state index is 0.374. The Bertz CT molecular complexity index is 355. The molecule has 0 aliphatic carbocycles. The Labute approximate surface area is 111 Å². The van der Waals surface area contributed by atoms with Crippen LogP contribution in [-0.2, 0) is 0 Å². The van der Waals surface area contributed by atoms with E-state index in [4.69, 9.17) is 10.5 Å². The maximum absolute atomic E-state index is 9.02. The molecule has 0 saturated carbocycles. The third kappa shape index (κ3) is 9.54. The Kier molecular flexibility index (Phi) is 8.73. The van der Waals surface area contributed by atoms with E-state index >= 15 is 0 Å². The Morgan fingerprint density at radius 2 is 1.61 bits per heavy atom. The molecule has 1 unspecified atom stereocenters. The number of hydrogen-bond acceptors (Lipinski definition) is 4. The summed E-state index contributed by atoms with van der Waals surface area (Å²) in [5.41, 5.74) is -1.67. The molecule has 0 fully saturated rings. The highest BCUT2D eigenvalue weighted by Crippen LogP contribution is 2.22. The Balaban J connectivity index is 0. The largest absolute Gasteiger partial charge is 0.196 e. The summed E-state index contributed by atoms with van der Waals surface area (Å²) >= 11 is 0. The van der Waals surface area contributed by atoms with Crippen LogP contribution in [0.3, 0.4) is 0 Å². The van der Waals surface area contributed by atoms with Crippen LogP contribution in [0.2, 0.25) is 0 Å². The molecule has 0 aromatic rings. The highest BCUT2D eigenvalue weighted by Gasteiger charge is 2.26. The number of azo groups is 1.